The molecule has 1 aromatic rings. The molecule has 0 bridgehead atoms. The highest BCUT2D eigenvalue weighted by Gasteiger charge is 2.26. The Morgan fingerprint density at radius 3 is 2.43 bits per heavy atom. The Balaban J connectivity index is 1.67. The van der Waals surface area contributed by atoms with E-state index in [1.165, 1.54) is 25.7 Å². The van der Waals surface area contributed by atoms with Crippen molar-refractivity contribution in [3.63, 3.8) is 0 Å². The van der Waals surface area contributed by atoms with E-state index in [1.54, 1.807) is 19.1 Å². The van der Waals surface area contributed by atoms with Gasteiger partial charge in [-0.3, -0.25) is 4.79 Å². The fourth-order valence-electron chi connectivity index (χ4n) is 3.69. The van der Waals surface area contributed by atoms with Crippen LogP contribution in [-0.4, -0.2) is 31.1 Å². The van der Waals surface area contributed by atoms with E-state index < -0.39 is 0 Å². The van der Waals surface area contributed by atoms with Crippen molar-refractivity contribution in [2.24, 2.45) is 0 Å². The zero-order chi connectivity index (χ0) is 16.2. The molecule has 1 heterocycles. The van der Waals surface area contributed by atoms with Gasteiger partial charge in [0.2, 0.25) is 0 Å². The van der Waals surface area contributed by atoms with Crippen molar-refractivity contribution in [2.75, 3.05) is 18.0 Å². The molecule has 2 aliphatic rings. The number of nitriles is 1. The standard InChI is InChI=1S/C19H24N2O2/c1-14(22)18-7-6-15(13-20)12-19(18)21-10-8-17(9-11-21)23-16-4-2-3-5-16/h6-7,12,16-17H,2-5,8-11H2,1H3. The molecule has 1 aliphatic carbocycles. The van der Waals surface area contributed by atoms with E-state index in [2.05, 4.69) is 11.0 Å². The highest BCUT2D eigenvalue weighted by Crippen LogP contribution is 2.29. The number of benzene rings is 1. The summed E-state index contributed by atoms with van der Waals surface area (Å²) in [5.74, 6) is 0.0498. The highest BCUT2D eigenvalue weighted by molar-refractivity contribution is 6.00. The second-order valence-corrected chi connectivity index (χ2v) is 6.63. The van der Waals surface area contributed by atoms with Crippen molar-refractivity contribution in [1.82, 2.24) is 0 Å². The number of Topliss-reactive ketones (excluding diaryl/α,β-unsaturated/α-hetero) is 1. The molecule has 1 aliphatic heterocycles. The lowest BCUT2D eigenvalue weighted by Crippen LogP contribution is -2.38. The number of ether oxygens (including phenoxy) is 1. The molecule has 23 heavy (non-hydrogen) atoms. The maximum Gasteiger partial charge on any atom is 0.161 e. The summed E-state index contributed by atoms with van der Waals surface area (Å²) in [6.45, 7) is 3.35. The lowest BCUT2D eigenvalue weighted by Gasteiger charge is -2.35. The van der Waals surface area contributed by atoms with Crippen LogP contribution in [0.15, 0.2) is 18.2 Å². The Morgan fingerprint density at radius 2 is 1.83 bits per heavy atom. The van der Waals surface area contributed by atoms with Crippen LogP contribution in [0.1, 0.15) is 61.4 Å². The average molecular weight is 312 g/mol. The summed E-state index contributed by atoms with van der Waals surface area (Å²) in [6, 6.07) is 7.50. The van der Waals surface area contributed by atoms with Crippen LogP contribution in [0.25, 0.3) is 0 Å². The minimum absolute atomic E-state index is 0.0498. The average Bonchev–Trinajstić information content (AvgIpc) is 3.08. The lowest BCUT2D eigenvalue weighted by molar-refractivity contribution is -0.0194. The topological polar surface area (TPSA) is 53.3 Å². The van der Waals surface area contributed by atoms with Gasteiger partial charge in [0.05, 0.1) is 23.8 Å². The predicted octanol–water partition coefficient (Wildman–Crippen LogP) is 3.69. The van der Waals surface area contributed by atoms with Gasteiger partial charge < -0.3 is 9.64 Å². The van der Waals surface area contributed by atoms with Crippen LogP contribution in [0, 0.1) is 11.3 Å². The van der Waals surface area contributed by atoms with Crippen molar-refractivity contribution >= 4 is 11.5 Å². The monoisotopic (exact) mass is 312 g/mol. The van der Waals surface area contributed by atoms with Crippen LogP contribution in [0.3, 0.4) is 0 Å². The number of carbonyl (C=O) groups is 1. The van der Waals surface area contributed by atoms with E-state index in [1.807, 2.05) is 6.07 Å². The summed E-state index contributed by atoms with van der Waals surface area (Å²) in [5.41, 5.74) is 2.21. The number of ketones is 1. The Bertz CT molecular complexity index is 606. The zero-order valence-electron chi connectivity index (χ0n) is 13.8. The molecule has 122 valence electrons. The number of anilines is 1. The number of rotatable bonds is 4. The van der Waals surface area contributed by atoms with Gasteiger partial charge in [-0.15, -0.1) is 0 Å². The van der Waals surface area contributed by atoms with Crippen LogP contribution in [0.4, 0.5) is 5.69 Å². The molecule has 0 N–H and O–H groups in total. The van der Waals surface area contributed by atoms with Crippen molar-refractivity contribution < 1.29 is 9.53 Å². The summed E-state index contributed by atoms with van der Waals surface area (Å²) >= 11 is 0. The Labute approximate surface area is 138 Å². The van der Waals surface area contributed by atoms with Gasteiger partial charge in [0, 0.05) is 24.3 Å². The van der Waals surface area contributed by atoms with E-state index in [-0.39, 0.29) is 5.78 Å². The first-order valence-electron chi connectivity index (χ1n) is 8.63. The Kier molecular flexibility index (Phi) is 4.97. The molecule has 4 nitrogen and oxygen atoms in total. The number of carbonyl (C=O) groups excluding carboxylic acids is 1. The summed E-state index contributed by atoms with van der Waals surface area (Å²) in [7, 11) is 0. The molecule has 2 fully saturated rings. The molecular weight excluding hydrogens is 288 g/mol. The summed E-state index contributed by atoms with van der Waals surface area (Å²) in [4.78, 5) is 14.1. The number of piperidine rings is 1. The number of hydrogen-bond acceptors (Lipinski definition) is 4. The van der Waals surface area contributed by atoms with Crippen molar-refractivity contribution in [1.29, 1.82) is 5.26 Å². The summed E-state index contributed by atoms with van der Waals surface area (Å²) < 4.78 is 6.21. The Hall–Kier alpha value is -1.86. The minimum Gasteiger partial charge on any atom is -0.375 e. The predicted molar refractivity (Wildman–Crippen MR) is 89.7 cm³/mol. The van der Waals surface area contributed by atoms with Gasteiger partial charge >= 0.3 is 0 Å². The van der Waals surface area contributed by atoms with Gasteiger partial charge in [0.15, 0.2) is 5.78 Å². The highest BCUT2D eigenvalue weighted by atomic mass is 16.5. The maximum absolute atomic E-state index is 11.9. The van der Waals surface area contributed by atoms with Crippen molar-refractivity contribution in [3.05, 3.63) is 29.3 Å². The van der Waals surface area contributed by atoms with Crippen molar-refractivity contribution in [3.8, 4) is 6.07 Å². The normalized spacial score (nSPS) is 19.7. The van der Waals surface area contributed by atoms with Crippen molar-refractivity contribution in [2.45, 2.75) is 57.7 Å². The first-order valence-corrected chi connectivity index (χ1v) is 8.63. The fraction of sp³-hybridized carbons (Fsp3) is 0.579. The lowest BCUT2D eigenvalue weighted by atomic mass is 10.0. The van der Waals surface area contributed by atoms with E-state index >= 15 is 0 Å². The molecule has 1 saturated carbocycles. The Morgan fingerprint density at radius 1 is 1.17 bits per heavy atom. The smallest absolute Gasteiger partial charge is 0.161 e. The summed E-state index contributed by atoms with van der Waals surface area (Å²) in [5, 5.41) is 9.12. The third kappa shape index (κ3) is 3.73. The molecule has 0 radical (unpaired) electrons. The third-order valence-corrected chi connectivity index (χ3v) is 4.98. The van der Waals surface area contributed by atoms with E-state index in [0.717, 1.165) is 31.6 Å². The molecule has 0 aromatic heterocycles. The van der Waals surface area contributed by atoms with Crippen LogP contribution >= 0.6 is 0 Å². The van der Waals surface area contributed by atoms with Gasteiger partial charge in [0.1, 0.15) is 0 Å². The first kappa shape index (κ1) is 16.0. The molecule has 4 heteroatoms. The van der Waals surface area contributed by atoms with Gasteiger partial charge in [-0.1, -0.05) is 12.8 Å². The quantitative estimate of drug-likeness (QED) is 0.796. The van der Waals surface area contributed by atoms with Gasteiger partial charge in [-0.05, 0) is 50.8 Å². The molecule has 0 amide bonds. The molecule has 3 rings (SSSR count). The van der Waals surface area contributed by atoms with Gasteiger partial charge in [-0.2, -0.15) is 5.26 Å². The minimum atomic E-state index is 0.0498. The SMILES string of the molecule is CC(=O)c1ccc(C#N)cc1N1CCC(OC2CCCC2)CC1. The largest absolute Gasteiger partial charge is 0.375 e. The second-order valence-electron chi connectivity index (χ2n) is 6.63. The van der Waals surface area contributed by atoms with Gasteiger partial charge in [-0.25, -0.2) is 0 Å². The molecule has 1 saturated heterocycles. The third-order valence-electron chi connectivity index (χ3n) is 4.98. The summed E-state index contributed by atoms with van der Waals surface area (Å²) in [6.07, 6.45) is 7.79. The molecule has 0 unspecified atom stereocenters. The van der Waals surface area contributed by atoms with Gasteiger partial charge in [0.25, 0.3) is 0 Å². The maximum atomic E-state index is 11.9. The number of hydrogen-bond donors (Lipinski definition) is 0. The van der Waals surface area contributed by atoms with E-state index in [0.29, 0.717) is 23.3 Å². The molecule has 0 atom stereocenters. The molecule has 1 aromatic carbocycles. The van der Waals surface area contributed by atoms with E-state index in [9.17, 15) is 4.79 Å². The van der Waals surface area contributed by atoms with Crippen LogP contribution in [0.5, 0.6) is 0 Å². The molecule has 0 spiro atoms. The fourth-order valence-corrected chi connectivity index (χ4v) is 3.69. The van der Waals surface area contributed by atoms with Crippen LogP contribution in [-0.2, 0) is 4.74 Å². The molecular formula is C19H24N2O2. The van der Waals surface area contributed by atoms with Crippen LogP contribution < -0.4 is 4.90 Å². The van der Waals surface area contributed by atoms with Crippen LogP contribution in [0.2, 0.25) is 0 Å². The first-order chi connectivity index (χ1) is 11.2. The zero-order valence-corrected chi connectivity index (χ0v) is 13.8. The number of nitrogens with zero attached hydrogens (tertiary/aromatic N) is 2. The second kappa shape index (κ2) is 7.14. The van der Waals surface area contributed by atoms with E-state index in [4.69, 9.17) is 10.00 Å².